The Balaban J connectivity index is 2.97. The standard InChI is InChI=1S/C12H15N3O2/c1-9(2)15(8-12(16)17-3)11-4-5-14-10(6-11)7-13/h4-6,9H,8H2,1-3H3. The lowest BCUT2D eigenvalue weighted by Crippen LogP contribution is -2.36. The molecular formula is C12H15N3O2. The molecule has 0 aliphatic heterocycles. The number of nitrogens with zero attached hydrogens (tertiary/aromatic N) is 3. The molecule has 1 heterocycles. The third kappa shape index (κ3) is 3.45. The molecule has 0 saturated carbocycles. The predicted octanol–water partition coefficient (Wildman–Crippen LogP) is 1.34. The van der Waals surface area contributed by atoms with Gasteiger partial charge in [0.05, 0.1) is 7.11 Å². The molecule has 0 aliphatic carbocycles. The minimum atomic E-state index is -0.311. The van der Waals surface area contributed by atoms with E-state index in [1.165, 1.54) is 7.11 Å². The Labute approximate surface area is 101 Å². The van der Waals surface area contributed by atoms with Crippen molar-refractivity contribution in [2.45, 2.75) is 19.9 Å². The van der Waals surface area contributed by atoms with Crippen LogP contribution in [-0.2, 0) is 9.53 Å². The molecule has 1 aromatic rings. The van der Waals surface area contributed by atoms with Gasteiger partial charge in [0.1, 0.15) is 18.3 Å². The van der Waals surface area contributed by atoms with Crippen molar-refractivity contribution in [1.29, 1.82) is 5.26 Å². The predicted molar refractivity (Wildman–Crippen MR) is 63.5 cm³/mol. The van der Waals surface area contributed by atoms with Crippen LogP contribution < -0.4 is 4.90 Å². The Morgan fingerprint density at radius 2 is 2.35 bits per heavy atom. The Bertz CT molecular complexity index is 438. The summed E-state index contributed by atoms with van der Waals surface area (Å²) in [5.74, 6) is -0.311. The number of nitriles is 1. The van der Waals surface area contributed by atoms with Gasteiger partial charge in [0.25, 0.3) is 0 Å². The Kier molecular flexibility index (Phi) is 4.46. The molecule has 90 valence electrons. The van der Waals surface area contributed by atoms with E-state index in [4.69, 9.17) is 5.26 Å². The van der Waals surface area contributed by atoms with E-state index in [2.05, 4.69) is 9.72 Å². The van der Waals surface area contributed by atoms with Crippen LogP contribution in [0.5, 0.6) is 0 Å². The maximum absolute atomic E-state index is 11.3. The van der Waals surface area contributed by atoms with E-state index >= 15 is 0 Å². The third-order valence-electron chi connectivity index (χ3n) is 2.34. The van der Waals surface area contributed by atoms with Crippen molar-refractivity contribution in [2.24, 2.45) is 0 Å². The molecule has 0 spiro atoms. The largest absolute Gasteiger partial charge is 0.468 e. The third-order valence-corrected chi connectivity index (χ3v) is 2.34. The van der Waals surface area contributed by atoms with E-state index < -0.39 is 0 Å². The van der Waals surface area contributed by atoms with Crippen LogP contribution in [0.15, 0.2) is 18.3 Å². The molecule has 0 amide bonds. The number of aromatic nitrogens is 1. The Morgan fingerprint density at radius 3 is 2.88 bits per heavy atom. The van der Waals surface area contributed by atoms with E-state index in [0.29, 0.717) is 5.69 Å². The van der Waals surface area contributed by atoms with Crippen molar-refractivity contribution in [2.75, 3.05) is 18.6 Å². The number of ether oxygens (including phenoxy) is 1. The molecule has 0 unspecified atom stereocenters. The van der Waals surface area contributed by atoms with Gasteiger partial charge in [-0.1, -0.05) is 0 Å². The minimum Gasteiger partial charge on any atom is -0.468 e. The molecule has 5 heteroatoms. The van der Waals surface area contributed by atoms with Gasteiger partial charge in [0, 0.05) is 17.9 Å². The van der Waals surface area contributed by atoms with Crippen molar-refractivity contribution in [1.82, 2.24) is 4.98 Å². The minimum absolute atomic E-state index is 0.128. The van der Waals surface area contributed by atoms with E-state index in [9.17, 15) is 4.79 Å². The number of pyridine rings is 1. The summed E-state index contributed by atoms with van der Waals surface area (Å²) in [7, 11) is 1.36. The molecular weight excluding hydrogens is 218 g/mol. The van der Waals surface area contributed by atoms with E-state index in [1.54, 1.807) is 18.3 Å². The van der Waals surface area contributed by atoms with E-state index in [0.717, 1.165) is 5.69 Å². The summed E-state index contributed by atoms with van der Waals surface area (Å²) in [4.78, 5) is 17.1. The number of esters is 1. The smallest absolute Gasteiger partial charge is 0.325 e. The normalized spacial score (nSPS) is 9.82. The first kappa shape index (κ1) is 13.0. The van der Waals surface area contributed by atoms with Crippen molar-refractivity contribution < 1.29 is 9.53 Å². The van der Waals surface area contributed by atoms with Crippen molar-refractivity contribution in [3.8, 4) is 6.07 Å². The lowest BCUT2D eigenvalue weighted by Gasteiger charge is -2.27. The highest BCUT2D eigenvalue weighted by Gasteiger charge is 2.15. The van der Waals surface area contributed by atoms with Crippen LogP contribution >= 0.6 is 0 Å². The average molecular weight is 233 g/mol. The number of carbonyl (C=O) groups excluding carboxylic acids is 1. The summed E-state index contributed by atoms with van der Waals surface area (Å²) in [6, 6.07) is 5.53. The van der Waals surface area contributed by atoms with Crippen LogP contribution in [0.25, 0.3) is 0 Å². The zero-order valence-corrected chi connectivity index (χ0v) is 10.2. The molecule has 1 aromatic heterocycles. The Morgan fingerprint density at radius 1 is 1.65 bits per heavy atom. The van der Waals surface area contributed by atoms with Gasteiger partial charge in [-0.05, 0) is 26.0 Å². The van der Waals surface area contributed by atoms with Crippen molar-refractivity contribution in [3.05, 3.63) is 24.0 Å². The Hall–Kier alpha value is -2.09. The zero-order valence-electron chi connectivity index (χ0n) is 10.2. The average Bonchev–Trinajstić information content (AvgIpc) is 2.35. The lowest BCUT2D eigenvalue weighted by molar-refractivity contribution is -0.139. The fraction of sp³-hybridized carbons (Fsp3) is 0.417. The van der Waals surface area contributed by atoms with Crippen LogP contribution in [0.4, 0.5) is 5.69 Å². The van der Waals surface area contributed by atoms with E-state index in [1.807, 2.05) is 24.8 Å². The lowest BCUT2D eigenvalue weighted by atomic mass is 10.2. The summed E-state index contributed by atoms with van der Waals surface area (Å²) < 4.78 is 4.65. The molecule has 0 fully saturated rings. The molecule has 0 N–H and O–H groups in total. The van der Waals surface area contributed by atoms with Gasteiger partial charge in [-0.2, -0.15) is 5.26 Å². The molecule has 17 heavy (non-hydrogen) atoms. The molecule has 0 saturated heterocycles. The first-order valence-corrected chi connectivity index (χ1v) is 5.28. The number of rotatable bonds is 4. The fourth-order valence-corrected chi connectivity index (χ4v) is 1.43. The number of hydrogen-bond acceptors (Lipinski definition) is 5. The number of carbonyl (C=O) groups is 1. The van der Waals surface area contributed by atoms with Crippen molar-refractivity contribution >= 4 is 11.7 Å². The van der Waals surface area contributed by atoms with Crippen molar-refractivity contribution in [3.63, 3.8) is 0 Å². The fourth-order valence-electron chi connectivity index (χ4n) is 1.43. The van der Waals surface area contributed by atoms with Crippen LogP contribution in [0, 0.1) is 11.3 Å². The van der Waals surface area contributed by atoms with Crippen LogP contribution in [0.3, 0.4) is 0 Å². The van der Waals surface area contributed by atoms with Gasteiger partial charge in [-0.3, -0.25) is 4.79 Å². The summed E-state index contributed by atoms with van der Waals surface area (Å²) in [5.41, 5.74) is 1.12. The maximum Gasteiger partial charge on any atom is 0.325 e. The van der Waals surface area contributed by atoms with Crippen LogP contribution in [0.1, 0.15) is 19.5 Å². The quantitative estimate of drug-likeness (QED) is 0.734. The topological polar surface area (TPSA) is 66.2 Å². The number of methoxy groups -OCH3 is 1. The maximum atomic E-state index is 11.3. The summed E-state index contributed by atoms with van der Waals surface area (Å²) in [5, 5.41) is 8.79. The monoisotopic (exact) mass is 233 g/mol. The van der Waals surface area contributed by atoms with Gasteiger partial charge < -0.3 is 9.64 Å². The molecule has 1 rings (SSSR count). The second-order valence-corrected chi connectivity index (χ2v) is 3.81. The van der Waals surface area contributed by atoms with E-state index in [-0.39, 0.29) is 18.6 Å². The highest BCUT2D eigenvalue weighted by molar-refractivity contribution is 5.76. The zero-order chi connectivity index (χ0) is 12.8. The summed E-state index contributed by atoms with van der Waals surface area (Å²) in [6.45, 7) is 4.09. The highest BCUT2D eigenvalue weighted by atomic mass is 16.5. The van der Waals surface area contributed by atoms with Crippen LogP contribution in [-0.4, -0.2) is 30.6 Å². The second-order valence-electron chi connectivity index (χ2n) is 3.81. The molecule has 0 atom stereocenters. The van der Waals surface area contributed by atoms with Gasteiger partial charge in [-0.25, -0.2) is 4.98 Å². The molecule has 0 bridgehead atoms. The summed E-state index contributed by atoms with van der Waals surface area (Å²) >= 11 is 0. The molecule has 0 aliphatic rings. The first-order valence-electron chi connectivity index (χ1n) is 5.28. The second kappa shape index (κ2) is 5.85. The van der Waals surface area contributed by atoms with Gasteiger partial charge in [-0.15, -0.1) is 0 Å². The highest BCUT2D eigenvalue weighted by Crippen LogP contribution is 2.17. The number of anilines is 1. The number of hydrogen-bond donors (Lipinski definition) is 0. The first-order chi connectivity index (χ1) is 8.08. The van der Waals surface area contributed by atoms with Crippen LogP contribution in [0.2, 0.25) is 0 Å². The molecule has 5 nitrogen and oxygen atoms in total. The molecule has 0 radical (unpaired) electrons. The molecule has 0 aromatic carbocycles. The SMILES string of the molecule is COC(=O)CN(c1ccnc(C#N)c1)C(C)C. The summed E-state index contributed by atoms with van der Waals surface area (Å²) in [6.07, 6.45) is 1.56. The van der Waals surface area contributed by atoms with Gasteiger partial charge in [0.2, 0.25) is 0 Å². The van der Waals surface area contributed by atoms with Gasteiger partial charge >= 0.3 is 5.97 Å². The van der Waals surface area contributed by atoms with Gasteiger partial charge in [0.15, 0.2) is 0 Å².